The summed E-state index contributed by atoms with van der Waals surface area (Å²) in [6, 6.07) is 18.0. The third kappa shape index (κ3) is 4.03. The topological polar surface area (TPSA) is 97.4 Å². The highest BCUT2D eigenvalue weighted by Crippen LogP contribution is 2.35. The van der Waals surface area contributed by atoms with Crippen LogP contribution >= 0.6 is 0 Å². The maximum atomic E-state index is 14.2. The maximum Gasteiger partial charge on any atom is 0.407 e. The molecule has 0 aliphatic carbocycles. The first-order chi connectivity index (χ1) is 17.8. The van der Waals surface area contributed by atoms with Crippen LogP contribution in [0.15, 0.2) is 84.0 Å². The van der Waals surface area contributed by atoms with Crippen molar-refractivity contribution >= 4 is 37.9 Å². The molecule has 37 heavy (non-hydrogen) atoms. The smallest absolute Gasteiger partial charge is 0.407 e. The van der Waals surface area contributed by atoms with Crippen LogP contribution in [-0.2, 0) is 10.0 Å². The van der Waals surface area contributed by atoms with E-state index in [1.54, 1.807) is 24.3 Å². The molecule has 1 aliphatic rings. The van der Waals surface area contributed by atoms with Crippen LogP contribution < -0.4 is 0 Å². The Labute approximate surface area is 212 Å². The molecule has 6 rings (SSSR count). The molecular formula is C27H23FN4O4S. The highest BCUT2D eigenvalue weighted by atomic mass is 32.2. The number of fused-ring (bicyclic) bond motifs is 2. The van der Waals surface area contributed by atoms with Gasteiger partial charge in [0.1, 0.15) is 5.82 Å². The van der Waals surface area contributed by atoms with E-state index in [0.29, 0.717) is 36.9 Å². The first-order valence-electron chi connectivity index (χ1n) is 11.9. The fourth-order valence-electron chi connectivity index (χ4n) is 5.02. The molecule has 0 spiro atoms. The summed E-state index contributed by atoms with van der Waals surface area (Å²) in [4.78, 5) is 12.7. The predicted octanol–water partition coefficient (Wildman–Crippen LogP) is 5.35. The van der Waals surface area contributed by atoms with E-state index in [2.05, 4.69) is 0 Å². The third-order valence-electron chi connectivity index (χ3n) is 6.98. The van der Waals surface area contributed by atoms with Crippen LogP contribution in [-0.4, -0.2) is 51.4 Å². The minimum atomic E-state index is -3.95. The number of hydrogen-bond acceptors (Lipinski definition) is 4. The van der Waals surface area contributed by atoms with Crippen LogP contribution in [0.4, 0.5) is 9.18 Å². The van der Waals surface area contributed by atoms with E-state index < -0.39 is 21.9 Å². The molecule has 3 aromatic carbocycles. The molecular weight excluding hydrogens is 495 g/mol. The average Bonchev–Trinajstić information content (AvgIpc) is 3.50. The zero-order chi connectivity index (χ0) is 25.7. The van der Waals surface area contributed by atoms with Gasteiger partial charge in [-0.15, -0.1) is 0 Å². The molecule has 1 aliphatic heterocycles. The first kappa shape index (κ1) is 23.2. The van der Waals surface area contributed by atoms with Crippen LogP contribution in [0.5, 0.6) is 0 Å². The van der Waals surface area contributed by atoms with Crippen molar-refractivity contribution < 1.29 is 22.7 Å². The summed E-state index contributed by atoms with van der Waals surface area (Å²) in [6.07, 6.45) is 3.96. The van der Waals surface area contributed by atoms with Crippen molar-refractivity contribution in [2.75, 3.05) is 13.1 Å². The molecule has 2 aromatic heterocycles. The number of likely N-dealkylation sites (tertiary alicyclic amines) is 1. The Morgan fingerprint density at radius 3 is 2.46 bits per heavy atom. The van der Waals surface area contributed by atoms with Gasteiger partial charge in [0.25, 0.3) is 10.0 Å². The summed E-state index contributed by atoms with van der Waals surface area (Å²) in [7, 11) is -3.95. The largest absolute Gasteiger partial charge is 0.465 e. The molecule has 0 bridgehead atoms. The van der Waals surface area contributed by atoms with Gasteiger partial charge in [-0.05, 0) is 54.8 Å². The van der Waals surface area contributed by atoms with Crippen molar-refractivity contribution in [3.8, 4) is 11.1 Å². The minimum Gasteiger partial charge on any atom is -0.465 e. The Hall–Kier alpha value is -4.18. The molecule has 1 amide bonds. The standard InChI is InChI=1S/C27H23FN4O4S/c28-20-8-9-23-24(17-32(26(23)15-20)37(35,36)22-4-2-1-3-5-22)18-6-7-19-16-31(29-25(19)14-18)21-10-12-30(13-11-21)27(33)34/h1-9,14-17,21H,10-13H2,(H,33,34). The second-order valence-corrected chi connectivity index (χ2v) is 11.0. The Morgan fingerprint density at radius 1 is 0.973 bits per heavy atom. The van der Waals surface area contributed by atoms with Crippen LogP contribution in [0.2, 0.25) is 0 Å². The number of halogens is 1. The van der Waals surface area contributed by atoms with Crippen molar-refractivity contribution in [2.24, 2.45) is 0 Å². The van der Waals surface area contributed by atoms with Crippen LogP contribution in [0.3, 0.4) is 0 Å². The fourth-order valence-corrected chi connectivity index (χ4v) is 6.40. The highest BCUT2D eigenvalue weighted by Gasteiger charge is 2.25. The van der Waals surface area contributed by atoms with Crippen molar-refractivity contribution in [3.63, 3.8) is 0 Å². The lowest BCUT2D eigenvalue weighted by Gasteiger charge is -2.29. The van der Waals surface area contributed by atoms with Gasteiger partial charge in [-0.1, -0.05) is 30.3 Å². The molecule has 10 heteroatoms. The van der Waals surface area contributed by atoms with Crippen molar-refractivity contribution in [3.05, 3.63) is 84.9 Å². The van der Waals surface area contributed by atoms with Gasteiger partial charge in [0, 0.05) is 41.8 Å². The SMILES string of the molecule is O=C(O)N1CCC(n2cc3ccc(-c4cn(S(=O)(=O)c5ccccc5)c5cc(F)ccc45)cc3n2)CC1. The van der Waals surface area contributed by atoms with E-state index in [1.165, 1.54) is 35.4 Å². The molecule has 1 fully saturated rings. The number of piperidine rings is 1. The van der Waals surface area contributed by atoms with Gasteiger partial charge in [-0.3, -0.25) is 4.68 Å². The summed E-state index contributed by atoms with van der Waals surface area (Å²) in [5.41, 5.74) is 2.42. The normalized spacial score (nSPS) is 15.0. The Kier molecular flexibility index (Phi) is 5.49. The summed E-state index contributed by atoms with van der Waals surface area (Å²) in [5.74, 6) is -0.523. The van der Waals surface area contributed by atoms with Crippen LogP contribution in [0.1, 0.15) is 18.9 Å². The zero-order valence-electron chi connectivity index (χ0n) is 19.7. The van der Waals surface area contributed by atoms with Gasteiger partial charge < -0.3 is 10.0 Å². The molecule has 0 unspecified atom stereocenters. The first-order valence-corrected chi connectivity index (χ1v) is 13.3. The molecule has 1 saturated heterocycles. The predicted molar refractivity (Wildman–Crippen MR) is 138 cm³/mol. The van der Waals surface area contributed by atoms with E-state index in [0.717, 1.165) is 20.4 Å². The van der Waals surface area contributed by atoms with Crippen LogP contribution in [0.25, 0.3) is 32.9 Å². The molecule has 3 heterocycles. The third-order valence-corrected chi connectivity index (χ3v) is 8.67. The van der Waals surface area contributed by atoms with Crippen molar-refractivity contribution in [1.29, 1.82) is 0 Å². The zero-order valence-corrected chi connectivity index (χ0v) is 20.5. The van der Waals surface area contributed by atoms with Gasteiger partial charge in [0.2, 0.25) is 0 Å². The van der Waals surface area contributed by atoms with E-state index >= 15 is 0 Å². The number of hydrogen-bond donors (Lipinski definition) is 1. The van der Waals surface area contributed by atoms with Crippen molar-refractivity contribution in [2.45, 2.75) is 23.8 Å². The minimum absolute atomic E-state index is 0.104. The lowest BCUT2D eigenvalue weighted by Crippen LogP contribution is -2.38. The van der Waals surface area contributed by atoms with Gasteiger partial charge in [0.15, 0.2) is 0 Å². The highest BCUT2D eigenvalue weighted by molar-refractivity contribution is 7.90. The van der Waals surface area contributed by atoms with E-state index in [4.69, 9.17) is 5.10 Å². The quantitative estimate of drug-likeness (QED) is 0.346. The summed E-state index contributed by atoms with van der Waals surface area (Å²) >= 11 is 0. The van der Waals surface area contributed by atoms with E-state index in [9.17, 15) is 22.7 Å². The Morgan fingerprint density at radius 2 is 1.73 bits per heavy atom. The fraction of sp³-hybridized carbons (Fsp3) is 0.185. The Balaban J connectivity index is 1.41. The average molecular weight is 519 g/mol. The van der Waals surface area contributed by atoms with Gasteiger partial charge in [-0.2, -0.15) is 5.10 Å². The number of carboxylic acid groups (broad SMARTS) is 1. The Bertz CT molecular complexity index is 1750. The van der Waals surface area contributed by atoms with Crippen LogP contribution in [0, 0.1) is 5.82 Å². The molecule has 0 radical (unpaired) electrons. The number of carbonyl (C=O) groups is 1. The van der Waals surface area contributed by atoms with Gasteiger partial charge in [-0.25, -0.2) is 21.6 Å². The molecule has 188 valence electrons. The number of amides is 1. The van der Waals surface area contributed by atoms with Crippen molar-refractivity contribution in [1.82, 2.24) is 18.7 Å². The summed E-state index contributed by atoms with van der Waals surface area (Å²) < 4.78 is 44.1. The number of rotatable bonds is 4. The molecule has 5 aromatic rings. The monoisotopic (exact) mass is 518 g/mol. The van der Waals surface area contributed by atoms with E-state index in [-0.39, 0.29) is 16.5 Å². The number of aromatic nitrogens is 3. The molecule has 8 nitrogen and oxygen atoms in total. The second-order valence-electron chi connectivity index (χ2n) is 9.20. The summed E-state index contributed by atoms with van der Waals surface area (Å²) in [6.45, 7) is 0.931. The molecule has 0 atom stereocenters. The number of benzene rings is 3. The lowest BCUT2D eigenvalue weighted by atomic mass is 10.0. The van der Waals surface area contributed by atoms with Gasteiger partial charge >= 0.3 is 6.09 Å². The molecule has 1 N–H and O–H groups in total. The van der Waals surface area contributed by atoms with E-state index in [1.807, 2.05) is 29.1 Å². The second kappa shape index (κ2) is 8.74. The lowest BCUT2D eigenvalue weighted by molar-refractivity contribution is 0.124. The molecule has 0 saturated carbocycles. The summed E-state index contributed by atoms with van der Waals surface area (Å²) in [5, 5.41) is 15.5. The van der Waals surface area contributed by atoms with Gasteiger partial charge in [0.05, 0.1) is 22.0 Å². The number of nitrogens with zero attached hydrogens (tertiary/aromatic N) is 4. The maximum absolute atomic E-state index is 14.2.